The van der Waals surface area contributed by atoms with Crippen LogP contribution in [0.4, 0.5) is 10.5 Å². The Morgan fingerprint density at radius 2 is 1.86 bits per heavy atom. The van der Waals surface area contributed by atoms with E-state index in [1.54, 1.807) is 9.58 Å². The van der Waals surface area contributed by atoms with E-state index in [1.165, 1.54) is 30.6 Å². The fourth-order valence-corrected chi connectivity index (χ4v) is 4.60. The number of aromatic nitrogens is 4. The molecule has 1 aliphatic carbocycles. The van der Waals surface area contributed by atoms with E-state index in [-0.39, 0.29) is 23.3 Å². The number of carbonyl (C=O) groups excluding carboxylic acids is 2. The lowest BCUT2D eigenvalue weighted by Gasteiger charge is -2.24. The normalized spacial score (nSPS) is 18.3. The SMILES string of the molecule is C[C@@H]1C[C@@H](OC(=O)c2ccc([N+](=O)[O-])cc2)c2ncnc(-n3cc4c(n3)CN(C(=O)OC(C)(C)C)C4)c21. The summed E-state index contributed by atoms with van der Waals surface area (Å²) < 4.78 is 12.9. The maximum absolute atomic E-state index is 12.7. The van der Waals surface area contributed by atoms with Gasteiger partial charge in [-0.3, -0.25) is 15.0 Å². The van der Waals surface area contributed by atoms with Crippen LogP contribution in [-0.4, -0.2) is 47.2 Å². The molecule has 1 aromatic carbocycles. The van der Waals surface area contributed by atoms with Gasteiger partial charge in [-0.05, 0) is 45.2 Å². The number of ether oxygens (including phenoxy) is 2. The summed E-state index contributed by atoms with van der Waals surface area (Å²) in [5.41, 5.74) is 2.67. The zero-order chi connectivity index (χ0) is 26.5. The van der Waals surface area contributed by atoms with Gasteiger partial charge in [0.15, 0.2) is 5.82 Å². The molecule has 0 radical (unpaired) electrons. The number of nitrogens with zero attached hydrogens (tertiary/aromatic N) is 6. The number of benzene rings is 1. The first-order valence-electron chi connectivity index (χ1n) is 11.9. The molecule has 0 spiro atoms. The molecule has 12 nitrogen and oxygen atoms in total. The van der Waals surface area contributed by atoms with Gasteiger partial charge in [-0.25, -0.2) is 24.2 Å². The molecule has 12 heteroatoms. The first-order chi connectivity index (χ1) is 17.5. The van der Waals surface area contributed by atoms with Crippen molar-refractivity contribution in [3.05, 3.63) is 75.0 Å². The van der Waals surface area contributed by atoms with Crippen LogP contribution in [0.15, 0.2) is 36.8 Å². The summed E-state index contributed by atoms with van der Waals surface area (Å²) in [6.45, 7) is 8.22. The molecule has 0 bridgehead atoms. The molecule has 0 unspecified atom stereocenters. The summed E-state index contributed by atoms with van der Waals surface area (Å²) >= 11 is 0. The topological polar surface area (TPSA) is 143 Å². The summed E-state index contributed by atoms with van der Waals surface area (Å²) in [5, 5.41) is 15.5. The molecule has 0 fully saturated rings. The average Bonchev–Trinajstić information content (AvgIpc) is 3.50. The summed E-state index contributed by atoms with van der Waals surface area (Å²) in [4.78, 5) is 46.0. The van der Waals surface area contributed by atoms with Gasteiger partial charge in [-0.2, -0.15) is 5.10 Å². The van der Waals surface area contributed by atoms with Crippen molar-refractivity contribution in [3.63, 3.8) is 0 Å². The van der Waals surface area contributed by atoms with E-state index < -0.39 is 22.6 Å². The Kier molecular flexibility index (Phi) is 5.89. The van der Waals surface area contributed by atoms with E-state index in [0.29, 0.717) is 31.0 Å². The lowest BCUT2D eigenvalue weighted by molar-refractivity contribution is -0.384. The quantitative estimate of drug-likeness (QED) is 0.288. The second-order valence-electron chi connectivity index (χ2n) is 10.2. The standard InChI is InChI=1S/C25H26N6O6/c1-14-9-19(36-23(32)15-5-7-17(8-6-15)31(34)35)21-20(14)22(27-13-26-21)30-11-16-10-29(12-18(16)28-30)24(33)37-25(2,3)4/h5-8,11,13-14,19H,9-10,12H2,1-4H3/t14-,19-/m1/s1. The van der Waals surface area contributed by atoms with Gasteiger partial charge >= 0.3 is 12.1 Å². The predicted octanol–water partition coefficient (Wildman–Crippen LogP) is 4.23. The molecular weight excluding hydrogens is 480 g/mol. The molecule has 0 saturated heterocycles. The van der Waals surface area contributed by atoms with E-state index in [2.05, 4.69) is 15.1 Å². The number of amides is 1. The van der Waals surface area contributed by atoms with Gasteiger partial charge in [-0.1, -0.05) is 6.92 Å². The maximum atomic E-state index is 12.7. The van der Waals surface area contributed by atoms with Crippen LogP contribution in [0.5, 0.6) is 0 Å². The second-order valence-corrected chi connectivity index (χ2v) is 10.2. The van der Waals surface area contributed by atoms with E-state index in [4.69, 9.17) is 9.47 Å². The Balaban J connectivity index is 1.34. The van der Waals surface area contributed by atoms with Crippen molar-refractivity contribution in [3.8, 4) is 5.82 Å². The summed E-state index contributed by atoms with van der Waals surface area (Å²) in [7, 11) is 0. The molecule has 1 amide bonds. The minimum Gasteiger partial charge on any atom is -0.452 e. The van der Waals surface area contributed by atoms with Crippen LogP contribution >= 0.6 is 0 Å². The minimum absolute atomic E-state index is 0.00170. The van der Waals surface area contributed by atoms with Crippen molar-refractivity contribution in [2.24, 2.45) is 0 Å². The Morgan fingerprint density at radius 3 is 2.51 bits per heavy atom. The minimum atomic E-state index is -0.584. The van der Waals surface area contributed by atoms with Gasteiger partial charge < -0.3 is 9.47 Å². The largest absolute Gasteiger partial charge is 0.452 e. The number of hydrogen-bond acceptors (Lipinski definition) is 9. The highest BCUT2D eigenvalue weighted by molar-refractivity contribution is 5.89. The van der Waals surface area contributed by atoms with Crippen LogP contribution in [0.2, 0.25) is 0 Å². The molecule has 2 aromatic heterocycles. The predicted molar refractivity (Wildman–Crippen MR) is 129 cm³/mol. The van der Waals surface area contributed by atoms with Gasteiger partial charge in [0, 0.05) is 29.5 Å². The average molecular weight is 507 g/mol. The highest BCUT2D eigenvalue weighted by atomic mass is 16.6. The number of fused-ring (bicyclic) bond motifs is 2. The molecule has 2 aliphatic rings. The van der Waals surface area contributed by atoms with Crippen molar-refractivity contribution >= 4 is 17.7 Å². The third kappa shape index (κ3) is 4.74. The van der Waals surface area contributed by atoms with Gasteiger partial charge in [0.1, 0.15) is 18.0 Å². The molecule has 3 heterocycles. The third-order valence-electron chi connectivity index (χ3n) is 6.27. The molecular formula is C25H26N6O6. The van der Waals surface area contributed by atoms with E-state index in [9.17, 15) is 19.7 Å². The number of rotatable bonds is 4. The number of hydrogen-bond donors (Lipinski definition) is 0. The van der Waals surface area contributed by atoms with Gasteiger partial charge in [0.05, 0.1) is 35.0 Å². The fraction of sp³-hybridized carbons (Fsp3) is 0.400. The first-order valence-corrected chi connectivity index (χ1v) is 11.9. The molecule has 37 heavy (non-hydrogen) atoms. The van der Waals surface area contributed by atoms with Crippen LogP contribution in [0.3, 0.4) is 0 Å². The zero-order valence-corrected chi connectivity index (χ0v) is 20.9. The fourth-order valence-electron chi connectivity index (χ4n) is 4.60. The number of nitro groups is 1. The second kappa shape index (κ2) is 8.95. The summed E-state index contributed by atoms with van der Waals surface area (Å²) in [6, 6.07) is 5.28. The number of esters is 1. The van der Waals surface area contributed by atoms with Crippen LogP contribution in [-0.2, 0) is 22.6 Å². The Bertz CT molecular complexity index is 1370. The van der Waals surface area contributed by atoms with Crippen LogP contribution in [0.25, 0.3) is 5.82 Å². The highest BCUT2D eigenvalue weighted by Crippen LogP contribution is 2.43. The van der Waals surface area contributed by atoms with Crippen molar-refractivity contribution < 1.29 is 24.0 Å². The number of carbonyl (C=O) groups is 2. The van der Waals surface area contributed by atoms with Crippen molar-refractivity contribution in [1.29, 1.82) is 0 Å². The van der Waals surface area contributed by atoms with E-state index in [0.717, 1.165) is 16.8 Å². The molecule has 2 atom stereocenters. The lowest BCUT2D eigenvalue weighted by Crippen LogP contribution is -2.33. The summed E-state index contributed by atoms with van der Waals surface area (Å²) in [6.07, 6.45) is 2.82. The zero-order valence-electron chi connectivity index (χ0n) is 20.9. The number of nitro benzene ring substituents is 1. The van der Waals surface area contributed by atoms with Crippen molar-refractivity contribution in [1.82, 2.24) is 24.6 Å². The van der Waals surface area contributed by atoms with Crippen LogP contribution in [0.1, 0.15) is 79.0 Å². The van der Waals surface area contributed by atoms with Gasteiger partial charge in [-0.15, -0.1) is 0 Å². The molecule has 1 aliphatic heterocycles. The van der Waals surface area contributed by atoms with E-state index >= 15 is 0 Å². The van der Waals surface area contributed by atoms with Gasteiger partial charge in [0.25, 0.3) is 5.69 Å². The van der Waals surface area contributed by atoms with E-state index in [1.807, 2.05) is 33.9 Å². The maximum Gasteiger partial charge on any atom is 0.410 e. The van der Waals surface area contributed by atoms with Crippen molar-refractivity contribution in [2.45, 2.75) is 64.8 Å². The highest BCUT2D eigenvalue weighted by Gasteiger charge is 2.37. The molecule has 5 rings (SSSR count). The lowest BCUT2D eigenvalue weighted by atomic mass is 10.1. The first kappa shape index (κ1) is 24.3. The van der Waals surface area contributed by atoms with Crippen molar-refractivity contribution in [2.75, 3.05) is 0 Å². The number of non-ortho nitro benzene ring substituents is 1. The Labute approximate surface area is 212 Å². The monoisotopic (exact) mass is 506 g/mol. The Morgan fingerprint density at radius 1 is 1.14 bits per heavy atom. The molecule has 0 saturated carbocycles. The molecule has 192 valence electrons. The Hall–Kier alpha value is -4.35. The summed E-state index contributed by atoms with van der Waals surface area (Å²) in [5.74, 6) is 0.0168. The third-order valence-corrected chi connectivity index (χ3v) is 6.27. The molecule has 3 aromatic rings. The molecule has 0 N–H and O–H groups in total. The van der Waals surface area contributed by atoms with Gasteiger partial charge in [0.2, 0.25) is 0 Å². The van der Waals surface area contributed by atoms with Crippen LogP contribution < -0.4 is 0 Å². The smallest absolute Gasteiger partial charge is 0.410 e. The van der Waals surface area contributed by atoms with Crippen LogP contribution in [0, 0.1) is 10.1 Å².